The smallest absolute Gasteiger partial charge is 0.299 e. The Labute approximate surface area is 114 Å². The van der Waals surface area contributed by atoms with Crippen molar-refractivity contribution in [3.05, 3.63) is 62.1 Å². The second-order valence-corrected chi connectivity index (χ2v) is 4.19. The van der Waals surface area contributed by atoms with Gasteiger partial charge in [-0.3, -0.25) is 19.5 Å². The van der Waals surface area contributed by atoms with Crippen LogP contribution in [0.3, 0.4) is 0 Å². The summed E-state index contributed by atoms with van der Waals surface area (Å²) >= 11 is 0. The molecule has 0 saturated heterocycles. The van der Waals surface area contributed by atoms with E-state index in [9.17, 15) is 14.9 Å². The van der Waals surface area contributed by atoms with Crippen molar-refractivity contribution in [2.45, 2.75) is 13.5 Å². The van der Waals surface area contributed by atoms with Crippen LogP contribution >= 0.6 is 0 Å². The van der Waals surface area contributed by atoms with E-state index in [4.69, 9.17) is 4.74 Å². The molecule has 0 bridgehead atoms. The van der Waals surface area contributed by atoms with Crippen LogP contribution in [0.1, 0.15) is 11.3 Å². The van der Waals surface area contributed by atoms with Crippen LogP contribution in [0.15, 0.2) is 35.1 Å². The van der Waals surface area contributed by atoms with Crippen LogP contribution in [0.2, 0.25) is 0 Å². The Balaban J connectivity index is 2.51. The molecule has 104 valence electrons. The van der Waals surface area contributed by atoms with Crippen molar-refractivity contribution < 1.29 is 9.66 Å². The first kappa shape index (κ1) is 13.7. The van der Waals surface area contributed by atoms with Crippen LogP contribution in [-0.4, -0.2) is 21.6 Å². The van der Waals surface area contributed by atoms with Crippen LogP contribution in [0.4, 0.5) is 5.69 Å². The van der Waals surface area contributed by atoms with Crippen molar-refractivity contribution in [3.8, 4) is 6.01 Å². The van der Waals surface area contributed by atoms with Crippen LogP contribution in [0.25, 0.3) is 0 Å². The summed E-state index contributed by atoms with van der Waals surface area (Å²) in [6, 6.07) is 7.75. The lowest BCUT2D eigenvalue weighted by Gasteiger charge is -2.11. The first-order valence-corrected chi connectivity index (χ1v) is 5.87. The second-order valence-electron chi connectivity index (χ2n) is 4.19. The molecule has 0 aliphatic rings. The van der Waals surface area contributed by atoms with Gasteiger partial charge in [-0.1, -0.05) is 18.2 Å². The third-order valence-corrected chi connectivity index (χ3v) is 2.80. The Kier molecular flexibility index (Phi) is 3.79. The molecule has 20 heavy (non-hydrogen) atoms. The lowest BCUT2D eigenvalue weighted by molar-refractivity contribution is -0.385. The van der Waals surface area contributed by atoms with Crippen molar-refractivity contribution in [2.24, 2.45) is 0 Å². The fraction of sp³-hybridized carbons (Fsp3) is 0.231. The fourth-order valence-corrected chi connectivity index (χ4v) is 1.89. The SMILES string of the molecule is COc1nc(C)cc(=O)n1Cc1ccccc1[N+](=O)[O-]. The number of methoxy groups -OCH3 is 1. The van der Waals surface area contributed by atoms with E-state index in [1.165, 1.54) is 23.8 Å². The molecule has 7 nitrogen and oxygen atoms in total. The quantitative estimate of drug-likeness (QED) is 0.623. The van der Waals surface area contributed by atoms with E-state index in [-0.39, 0.29) is 23.8 Å². The number of para-hydroxylation sites is 1. The summed E-state index contributed by atoms with van der Waals surface area (Å²) in [4.78, 5) is 26.6. The molecular weight excluding hydrogens is 262 g/mol. The minimum atomic E-state index is -0.478. The average molecular weight is 275 g/mol. The second kappa shape index (κ2) is 5.52. The number of rotatable bonds is 4. The molecule has 7 heteroatoms. The zero-order chi connectivity index (χ0) is 14.7. The van der Waals surface area contributed by atoms with Gasteiger partial charge in [-0.2, -0.15) is 0 Å². The monoisotopic (exact) mass is 275 g/mol. The van der Waals surface area contributed by atoms with Gasteiger partial charge >= 0.3 is 0 Å². The lowest BCUT2D eigenvalue weighted by atomic mass is 10.2. The minimum absolute atomic E-state index is 0.0342. The molecule has 1 aromatic carbocycles. The summed E-state index contributed by atoms with van der Waals surface area (Å²) in [7, 11) is 1.40. The number of nitrogens with zero attached hydrogens (tertiary/aromatic N) is 3. The van der Waals surface area contributed by atoms with Crippen molar-refractivity contribution >= 4 is 5.69 Å². The molecule has 0 aliphatic carbocycles. The Morgan fingerprint density at radius 3 is 2.75 bits per heavy atom. The first-order valence-electron chi connectivity index (χ1n) is 5.87. The summed E-state index contributed by atoms with van der Waals surface area (Å²) in [5, 5.41) is 11.0. The maximum Gasteiger partial charge on any atom is 0.299 e. The number of ether oxygens (including phenoxy) is 1. The highest BCUT2D eigenvalue weighted by Gasteiger charge is 2.15. The first-order chi connectivity index (χ1) is 9.52. The number of aromatic nitrogens is 2. The molecule has 1 heterocycles. The predicted octanol–water partition coefficient (Wildman–Crippen LogP) is 1.52. The number of nitro benzene ring substituents is 1. The van der Waals surface area contributed by atoms with Crippen molar-refractivity contribution in [1.29, 1.82) is 0 Å². The molecule has 0 spiro atoms. The molecule has 0 unspecified atom stereocenters. The minimum Gasteiger partial charge on any atom is -0.468 e. The van der Waals surface area contributed by atoms with Crippen LogP contribution in [-0.2, 0) is 6.54 Å². The van der Waals surface area contributed by atoms with Gasteiger partial charge in [0.2, 0.25) is 0 Å². The average Bonchev–Trinajstić information content (AvgIpc) is 2.41. The number of hydrogen-bond acceptors (Lipinski definition) is 5. The van der Waals surface area contributed by atoms with Crippen LogP contribution in [0.5, 0.6) is 6.01 Å². The normalized spacial score (nSPS) is 10.3. The number of nitro groups is 1. The van der Waals surface area contributed by atoms with Crippen LogP contribution in [0, 0.1) is 17.0 Å². The molecule has 0 amide bonds. The van der Waals surface area contributed by atoms with E-state index in [0.29, 0.717) is 11.3 Å². The molecule has 0 atom stereocenters. The Hall–Kier alpha value is -2.70. The summed E-state index contributed by atoms with van der Waals surface area (Å²) in [6.45, 7) is 1.71. The molecule has 0 fully saturated rings. The van der Waals surface area contributed by atoms with Crippen molar-refractivity contribution in [1.82, 2.24) is 9.55 Å². The van der Waals surface area contributed by atoms with E-state index < -0.39 is 4.92 Å². The number of benzene rings is 1. The van der Waals surface area contributed by atoms with E-state index in [0.717, 1.165) is 0 Å². The van der Waals surface area contributed by atoms with Gasteiger partial charge in [0.25, 0.3) is 17.3 Å². The molecule has 2 aromatic rings. The van der Waals surface area contributed by atoms with Gasteiger partial charge in [0.1, 0.15) is 0 Å². The maximum atomic E-state index is 12.0. The Morgan fingerprint density at radius 1 is 1.40 bits per heavy atom. The molecule has 0 radical (unpaired) electrons. The molecule has 1 aromatic heterocycles. The topological polar surface area (TPSA) is 87.3 Å². The van der Waals surface area contributed by atoms with Gasteiger partial charge in [0.15, 0.2) is 0 Å². The van der Waals surface area contributed by atoms with E-state index in [1.807, 2.05) is 0 Å². The standard InChI is InChI=1S/C13H13N3O4/c1-9-7-12(17)15(13(14-9)20-2)8-10-5-3-4-6-11(10)16(18)19/h3-7H,8H2,1-2H3. The highest BCUT2D eigenvalue weighted by molar-refractivity contribution is 5.40. The molecular formula is C13H13N3O4. The number of hydrogen-bond donors (Lipinski definition) is 0. The molecule has 0 saturated carbocycles. The number of aryl methyl sites for hydroxylation is 1. The van der Waals surface area contributed by atoms with E-state index >= 15 is 0 Å². The summed E-state index contributed by atoms with van der Waals surface area (Å²) in [5.41, 5.74) is 0.601. The Morgan fingerprint density at radius 2 is 2.10 bits per heavy atom. The van der Waals surface area contributed by atoms with Crippen LogP contribution < -0.4 is 10.3 Å². The maximum absolute atomic E-state index is 12.0. The van der Waals surface area contributed by atoms with Crippen molar-refractivity contribution in [3.63, 3.8) is 0 Å². The summed E-state index contributed by atoms with van der Waals surface area (Å²) in [6.07, 6.45) is 0. The van der Waals surface area contributed by atoms with Gasteiger partial charge in [0.05, 0.1) is 18.6 Å². The third kappa shape index (κ3) is 2.66. The van der Waals surface area contributed by atoms with Gasteiger partial charge in [-0.25, -0.2) is 4.98 Å². The third-order valence-electron chi connectivity index (χ3n) is 2.80. The van der Waals surface area contributed by atoms with Gasteiger partial charge < -0.3 is 4.74 Å². The fourth-order valence-electron chi connectivity index (χ4n) is 1.89. The highest BCUT2D eigenvalue weighted by Crippen LogP contribution is 2.19. The van der Waals surface area contributed by atoms with Gasteiger partial charge in [-0.05, 0) is 6.92 Å². The van der Waals surface area contributed by atoms with Gasteiger partial charge in [-0.15, -0.1) is 0 Å². The molecule has 0 aliphatic heterocycles. The van der Waals surface area contributed by atoms with E-state index in [2.05, 4.69) is 4.98 Å². The molecule has 2 rings (SSSR count). The summed E-state index contributed by atoms with van der Waals surface area (Å²) in [5.74, 6) is 0. The van der Waals surface area contributed by atoms with E-state index in [1.54, 1.807) is 25.1 Å². The zero-order valence-corrected chi connectivity index (χ0v) is 11.1. The molecule has 0 N–H and O–H groups in total. The predicted molar refractivity (Wildman–Crippen MR) is 72.0 cm³/mol. The highest BCUT2D eigenvalue weighted by atomic mass is 16.6. The van der Waals surface area contributed by atoms with Gasteiger partial charge in [0, 0.05) is 23.4 Å². The lowest BCUT2D eigenvalue weighted by Crippen LogP contribution is -2.23. The largest absolute Gasteiger partial charge is 0.468 e. The Bertz CT molecular complexity index is 709. The summed E-state index contributed by atoms with van der Waals surface area (Å²) < 4.78 is 6.32. The van der Waals surface area contributed by atoms with Crippen molar-refractivity contribution in [2.75, 3.05) is 7.11 Å². The zero-order valence-electron chi connectivity index (χ0n) is 11.1.